The maximum Gasteiger partial charge on any atom is 0.336 e. The predicted molar refractivity (Wildman–Crippen MR) is 89.2 cm³/mol. The SMILES string of the molecule is Cc1cnc(C#N)nc1N(CC(C)(C)C)NC(=O)N1CCOCC1. The highest BCUT2D eigenvalue weighted by Gasteiger charge is 2.24. The molecule has 8 nitrogen and oxygen atoms in total. The molecule has 0 saturated carbocycles. The van der Waals surface area contributed by atoms with Gasteiger partial charge in [0.05, 0.1) is 13.2 Å². The molecule has 8 heteroatoms. The number of ether oxygens (including phenoxy) is 1. The molecule has 1 fully saturated rings. The number of nitriles is 1. The highest BCUT2D eigenvalue weighted by Crippen LogP contribution is 2.21. The summed E-state index contributed by atoms with van der Waals surface area (Å²) >= 11 is 0. The molecular weight excluding hydrogens is 308 g/mol. The van der Waals surface area contributed by atoms with E-state index in [1.165, 1.54) is 0 Å². The molecule has 0 bridgehead atoms. The van der Waals surface area contributed by atoms with Crippen LogP contribution in [0.4, 0.5) is 10.6 Å². The van der Waals surface area contributed by atoms with Gasteiger partial charge in [-0.3, -0.25) is 5.01 Å². The molecule has 130 valence electrons. The summed E-state index contributed by atoms with van der Waals surface area (Å²) in [7, 11) is 0. The van der Waals surface area contributed by atoms with Gasteiger partial charge in [0.1, 0.15) is 6.07 Å². The molecule has 1 saturated heterocycles. The number of aromatic nitrogens is 2. The minimum absolute atomic E-state index is 0.0788. The average molecular weight is 332 g/mol. The number of morpholine rings is 1. The van der Waals surface area contributed by atoms with Crippen molar-refractivity contribution in [1.29, 1.82) is 5.26 Å². The summed E-state index contributed by atoms with van der Waals surface area (Å²) in [6, 6.07) is 1.75. The van der Waals surface area contributed by atoms with Gasteiger partial charge >= 0.3 is 6.03 Å². The summed E-state index contributed by atoms with van der Waals surface area (Å²) in [5.41, 5.74) is 3.63. The van der Waals surface area contributed by atoms with Crippen LogP contribution in [-0.2, 0) is 4.74 Å². The first-order valence-electron chi connectivity index (χ1n) is 7.95. The van der Waals surface area contributed by atoms with E-state index in [1.807, 2.05) is 13.0 Å². The summed E-state index contributed by atoms with van der Waals surface area (Å²) in [5, 5.41) is 10.8. The Morgan fingerprint density at radius 3 is 2.71 bits per heavy atom. The minimum Gasteiger partial charge on any atom is -0.378 e. The van der Waals surface area contributed by atoms with Gasteiger partial charge in [0, 0.05) is 31.4 Å². The third kappa shape index (κ3) is 4.80. The highest BCUT2D eigenvalue weighted by molar-refractivity contribution is 5.76. The van der Waals surface area contributed by atoms with Gasteiger partial charge in [-0.2, -0.15) is 10.2 Å². The molecule has 0 radical (unpaired) electrons. The fraction of sp³-hybridized carbons (Fsp3) is 0.625. The lowest BCUT2D eigenvalue weighted by molar-refractivity contribution is 0.0529. The number of hydrogen-bond acceptors (Lipinski definition) is 6. The molecule has 24 heavy (non-hydrogen) atoms. The maximum absolute atomic E-state index is 12.5. The lowest BCUT2D eigenvalue weighted by Gasteiger charge is -2.34. The minimum atomic E-state index is -0.195. The van der Waals surface area contributed by atoms with Crippen LogP contribution in [0.3, 0.4) is 0 Å². The molecule has 1 aromatic heterocycles. The van der Waals surface area contributed by atoms with Crippen molar-refractivity contribution < 1.29 is 9.53 Å². The largest absolute Gasteiger partial charge is 0.378 e. The van der Waals surface area contributed by atoms with Crippen LogP contribution in [-0.4, -0.2) is 53.7 Å². The van der Waals surface area contributed by atoms with Crippen LogP contribution in [0.5, 0.6) is 0 Å². The van der Waals surface area contributed by atoms with Gasteiger partial charge < -0.3 is 9.64 Å². The summed E-state index contributed by atoms with van der Waals surface area (Å²) in [6.45, 7) is 10.8. The molecule has 2 heterocycles. The standard InChI is InChI=1S/C16H24N6O2/c1-12-10-18-13(9-17)19-14(12)22(11-16(2,3)4)20-15(23)21-5-7-24-8-6-21/h10H,5-8,11H2,1-4H3,(H,20,23). The Bertz CT molecular complexity index is 628. The molecule has 0 unspecified atom stereocenters. The average Bonchev–Trinajstić information content (AvgIpc) is 2.54. The summed E-state index contributed by atoms with van der Waals surface area (Å²) in [6.07, 6.45) is 1.59. The van der Waals surface area contributed by atoms with Crippen molar-refractivity contribution in [3.63, 3.8) is 0 Å². The molecule has 1 N–H and O–H groups in total. The summed E-state index contributed by atoms with van der Waals surface area (Å²) in [5.74, 6) is 0.619. The lowest BCUT2D eigenvalue weighted by atomic mass is 9.96. The molecular formula is C16H24N6O2. The number of aryl methyl sites for hydroxylation is 1. The first-order chi connectivity index (χ1) is 11.3. The monoisotopic (exact) mass is 332 g/mol. The zero-order valence-electron chi connectivity index (χ0n) is 14.7. The van der Waals surface area contributed by atoms with E-state index in [1.54, 1.807) is 16.1 Å². The zero-order valence-corrected chi connectivity index (χ0v) is 14.7. The van der Waals surface area contributed by atoms with Crippen molar-refractivity contribution in [2.24, 2.45) is 5.41 Å². The van der Waals surface area contributed by atoms with Gasteiger partial charge in [-0.25, -0.2) is 15.2 Å². The number of rotatable bonds is 3. The second-order valence-electron chi connectivity index (χ2n) is 6.98. The van der Waals surface area contributed by atoms with E-state index in [2.05, 4.69) is 36.2 Å². The van der Waals surface area contributed by atoms with Crippen molar-refractivity contribution in [1.82, 2.24) is 20.3 Å². The van der Waals surface area contributed by atoms with Gasteiger partial charge in [-0.15, -0.1) is 0 Å². The quantitative estimate of drug-likeness (QED) is 0.842. The molecule has 1 aliphatic heterocycles. The van der Waals surface area contributed by atoms with Crippen LogP contribution < -0.4 is 10.4 Å². The molecule has 2 rings (SSSR count). The number of carbonyl (C=O) groups is 1. The van der Waals surface area contributed by atoms with Gasteiger partial charge in [0.2, 0.25) is 5.82 Å². The number of nitrogens with zero attached hydrogens (tertiary/aromatic N) is 5. The van der Waals surface area contributed by atoms with Crippen molar-refractivity contribution in [3.8, 4) is 6.07 Å². The third-order valence-corrected chi connectivity index (χ3v) is 3.46. The van der Waals surface area contributed by atoms with E-state index in [-0.39, 0.29) is 17.3 Å². The number of carbonyl (C=O) groups excluding carboxylic acids is 1. The van der Waals surface area contributed by atoms with Gasteiger partial charge in [-0.05, 0) is 12.3 Å². The highest BCUT2D eigenvalue weighted by atomic mass is 16.5. The first-order valence-corrected chi connectivity index (χ1v) is 7.95. The fourth-order valence-corrected chi connectivity index (χ4v) is 2.35. The number of urea groups is 1. The number of hydrazine groups is 1. The number of hydrogen-bond donors (Lipinski definition) is 1. The predicted octanol–water partition coefficient (Wildman–Crippen LogP) is 1.47. The molecule has 0 aliphatic carbocycles. The van der Waals surface area contributed by atoms with E-state index in [0.29, 0.717) is 38.7 Å². The van der Waals surface area contributed by atoms with Crippen molar-refractivity contribution in [2.75, 3.05) is 37.9 Å². The van der Waals surface area contributed by atoms with Crippen LogP contribution in [0.2, 0.25) is 0 Å². The first kappa shape index (κ1) is 17.9. The molecule has 0 spiro atoms. The Labute approximate surface area is 142 Å². The van der Waals surface area contributed by atoms with Crippen molar-refractivity contribution >= 4 is 11.8 Å². The fourth-order valence-electron chi connectivity index (χ4n) is 2.35. The third-order valence-electron chi connectivity index (χ3n) is 3.46. The topological polar surface area (TPSA) is 94.4 Å². The van der Waals surface area contributed by atoms with Crippen molar-refractivity contribution in [2.45, 2.75) is 27.7 Å². The second kappa shape index (κ2) is 7.45. The Balaban J connectivity index is 2.24. The number of nitrogens with one attached hydrogen (secondary N) is 1. The second-order valence-corrected chi connectivity index (χ2v) is 6.98. The van der Waals surface area contributed by atoms with Crippen LogP contribution in [0.1, 0.15) is 32.2 Å². The Morgan fingerprint density at radius 1 is 1.46 bits per heavy atom. The maximum atomic E-state index is 12.5. The van der Waals surface area contributed by atoms with E-state index >= 15 is 0 Å². The van der Waals surface area contributed by atoms with Crippen LogP contribution >= 0.6 is 0 Å². The Kier molecular flexibility index (Phi) is 5.57. The zero-order chi connectivity index (χ0) is 17.7. The summed E-state index contributed by atoms with van der Waals surface area (Å²) < 4.78 is 5.28. The molecule has 1 aliphatic rings. The van der Waals surface area contributed by atoms with Crippen LogP contribution in [0.15, 0.2) is 6.20 Å². The van der Waals surface area contributed by atoms with Crippen LogP contribution in [0.25, 0.3) is 0 Å². The molecule has 0 atom stereocenters. The van der Waals surface area contributed by atoms with E-state index in [4.69, 9.17) is 10.00 Å². The number of amides is 2. The molecule has 1 aromatic rings. The molecule has 0 aromatic carbocycles. The lowest BCUT2D eigenvalue weighted by Crippen LogP contribution is -2.54. The van der Waals surface area contributed by atoms with Gasteiger partial charge in [0.25, 0.3) is 0 Å². The molecule has 2 amide bonds. The Hall–Kier alpha value is -2.40. The van der Waals surface area contributed by atoms with E-state index < -0.39 is 0 Å². The number of anilines is 1. The van der Waals surface area contributed by atoms with Gasteiger partial charge in [-0.1, -0.05) is 20.8 Å². The Morgan fingerprint density at radius 2 is 2.12 bits per heavy atom. The van der Waals surface area contributed by atoms with E-state index in [9.17, 15) is 4.79 Å². The van der Waals surface area contributed by atoms with Gasteiger partial charge in [0.15, 0.2) is 5.82 Å². The van der Waals surface area contributed by atoms with E-state index in [0.717, 1.165) is 5.56 Å². The van der Waals surface area contributed by atoms with Crippen LogP contribution in [0, 0.1) is 23.7 Å². The summed E-state index contributed by atoms with van der Waals surface area (Å²) in [4.78, 5) is 22.5. The normalized spacial score (nSPS) is 14.9. The van der Waals surface area contributed by atoms with Crippen molar-refractivity contribution in [3.05, 3.63) is 17.6 Å². The smallest absolute Gasteiger partial charge is 0.336 e.